The first-order chi connectivity index (χ1) is 9.11. The minimum Gasteiger partial charge on any atom is -0.409 e. The van der Waals surface area contributed by atoms with Crippen molar-refractivity contribution in [2.24, 2.45) is 10.9 Å². The molecule has 3 N–H and O–H groups in total. The molecule has 0 radical (unpaired) electrons. The maximum absolute atomic E-state index is 8.63. The lowest BCUT2D eigenvalue weighted by Crippen LogP contribution is -2.36. The summed E-state index contributed by atoms with van der Waals surface area (Å²) >= 11 is 0. The molecule has 0 aliphatic carbocycles. The van der Waals surface area contributed by atoms with Crippen LogP contribution < -0.4 is 10.6 Å². The standard InChI is InChI=1S/C14H22N4O/c1-17-9-3-4-13(17)10-18(2)12-7-5-11(6-8-12)14(15)16-19/h5-8,13,19H,3-4,9-10H2,1-2H3,(H2,15,16). The summed E-state index contributed by atoms with van der Waals surface area (Å²) in [6.07, 6.45) is 2.56. The lowest BCUT2D eigenvalue weighted by Gasteiger charge is -2.27. The van der Waals surface area contributed by atoms with Crippen molar-refractivity contribution in [1.82, 2.24) is 4.90 Å². The number of nitrogens with two attached hydrogens (primary N) is 1. The molecule has 1 unspecified atom stereocenters. The molecule has 0 spiro atoms. The summed E-state index contributed by atoms with van der Waals surface area (Å²) in [7, 11) is 4.29. The van der Waals surface area contributed by atoms with Gasteiger partial charge in [-0.1, -0.05) is 5.16 Å². The Balaban J connectivity index is 2.01. The van der Waals surface area contributed by atoms with Crippen molar-refractivity contribution in [1.29, 1.82) is 0 Å². The zero-order valence-electron chi connectivity index (χ0n) is 11.6. The fourth-order valence-corrected chi connectivity index (χ4v) is 2.58. The number of nitrogens with zero attached hydrogens (tertiary/aromatic N) is 3. The number of oxime groups is 1. The molecule has 1 atom stereocenters. The highest BCUT2D eigenvalue weighted by atomic mass is 16.4. The average Bonchev–Trinajstić information content (AvgIpc) is 2.83. The van der Waals surface area contributed by atoms with Crippen molar-refractivity contribution >= 4 is 11.5 Å². The lowest BCUT2D eigenvalue weighted by atomic mass is 10.1. The third kappa shape index (κ3) is 3.17. The van der Waals surface area contributed by atoms with Gasteiger partial charge in [0.25, 0.3) is 0 Å². The van der Waals surface area contributed by atoms with Gasteiger partial charge in [0.2, 0.25) is 0 Å². The van der Waals surface area contributed by atoms with Crippen molar-refractivity contribution in [2.45, 2.75) is 18.9 Å². The van der Waals surface area contributed by atoms with Crippen LogP contribution in [0.5, 0.6) is 0 Å². The van der Waals surface area contributed by atoms with E-state index < -0.39 is 0 Å². The number of likely N-dealkylation sites (tertiary alicyclic amines) is 1. The molecule has 2 rings (SSSR count). The summed E-state index contributed by atoms with van der Waals surface area (Å²) in [6.45, 7) is 2.22. The van der Waals surface area contributed by atoms with Crippen molar-refractivity contribution < 1.29 is 5.21 Å². The number of likely N-dealkylation sites (N-methyl/N-ethyl adjacent to an activating group) is 2. The predicted molar refractivity (Wildman–Crippen MR) is 77.9 cm³/mol. The molecule has 1 fully saturated rings. The molecule has 0 bridgehead atoms. The molecule has 5 nitrogen and oxygen atoms in total. The van der Waals surface area contributed by atoms with Gasteiger partial charge in [0.05, 0.1) is 0 Å². The summed E-state index contributed by atoms with van der Waals surface area (Å²) in [5.41, 5.74) is 7.43. The van der Waals surface area contributed by atoms with Crippen LogP contribution in [0.25, 0.3) is 0 Å². The SMILES string of the molecule is CN(CC1CCCN1C)c1ccc(C(N)=NO)cc1. The van der Waals surface area contributed by atoms with Crippen molar-refractivity contribution in [3.05, 3.63) is 29.8 Å². The number of rotatable bonds is 4. The van der Waals surface area contributed by atoms with Crippen molar-refractivity contribution in [3.8, 4) is 0 Å². The third-order valence-electron chi connectivity index (χ3n) is 3.87. The van der Waals surface area contributed by atoms with E-state index in [2.05, 4.69) is 29.1 Å². The minimum absolute atomic E-state index is 0.143. The molecular weight excluding hydrogens is 240 g/mol. The Morgan fingerprint density at radius 3 is 2.68 bits per heavy atom. The molecule has 0 saturated carbocycles. The van der Waals surface area contributed by atoms with Gasteiger partial charge in [-0.3, -0.25) is 0 Å². The average molecular weight is 262 g/mol. The Hall–Kier alpha value is -1.75. The molecule has 1 aromatic carbocycles. The zero-order valence-corrected chi connectivity index (χ0v) is 11.6. The van der Waals surface area contributed by atoms with E-state index in [1.807, 2.05) is 24.3 Å². The van der Waals surface area contributed by atoms with Gasteiger partial charge in [-0.05, 0) is 50.7 Å². The van der Waals surface area contributed by atoms with Gasteiger partial charge in [-0.2, -0.15) is 0 Å². The first-order valence-corrected chi connectivity index (χ1v) is 6.61. The molecule has 1 saturated heterocycles. The molecule has 1 aromatic rings. The van der Waals surface area contributed by atoms with E-state index in [9.17, 15) is 0 Å². The summed E-state index contributed by atoms with van der Waals surface area (Å²) < 4.78 is 0. The largest absolute Gasteiger partial charge is 0.409 e. The van der Waals surface area contributed by atoms with Crippen LogP contribution in [0.4, 0.5) is 5.69 Å². The van der Waals surface area contributed by atoms with Crippen LogP contribution in [0, 0.1) is 0 Å². The summed E-state index contributed by atoms with van der Waals surface area (Å²) in [6, 6.07) is 8.39. The fourth-order valence-electron chi connectivity index (χ4n) is 2.58. The van der Waals surface area contributed by atoms with Gasteiger partial charge < -0.3 is 20.7 Å². The van der Waals surface area contributed by atoms with Crippen LogP contribution in [0.3, 0.4) is 0 Å². The second-order valence-corrected chi connectivity index (χ2v) is 5.19. The van der Waals surface area contributed by atoms with Gasteiger partial charge in [0, 0.05) is 30.9 Å². The van der Waals surface area contributed by atoms with E-state index in [1.165, 1.54) is 19.4 Å². The quantitative estimate of drug-likeness (QED) is 0.372. The van der Waals surface area contributed by atoms with Crippen LogP contribution in [0.1, 0.15) is 18.4 Å². The third-order valence-corrected chi connectivity index (χ3v) is 3.87. The van der Waals surface area contributed by atoms with E-state index >= 15 is 0 Å². The van der Waals surface area contributed by atoms with E-state index in [0.717, 1.165) is 17.8 Å². The normalized spacial score (nSPS) is 20.7. The van der Waals surface area contributed by atoms with Gasteiger partial charge in [-0.15, -0.1) is 0 Å². The van der Waals surface area contributed by atoms with Gasteiger partial charge >= 0.3 is 0 Å². The number of benzene rings is 1. The van der Waals surface area contributed by atoms with E-state index in [-0.39, 0.29) is 5.84 Å². The van der Waals surface area contributed by atoms with Crippen LogP contribution >= 0.6 is 0 Å². The Bertz CT molecular complexity index is 443. The highest BCUT2D eigenvalue weighted by molar-refractivity contribution is 5.97. The first-order valence-electron chi connectivity index (χ1n) is 6.61. The number of hydrogen-bond acceptors (Lipinski definition) is 4. The minimum atomic E-state index is 0.143. The zero-order chi connectivity index (χ0) is 13.8. The first kappa shape index (κ1) is 13.7. The maximum Gasteiger partial charge on any atom is 0.170 e. The van der Waals surface area contributed by atoms with Crippen LogP contribution in [-0.4, -0.2) is 49.2 Å². The highest BCUT2D eigenvalue weighted by Gasteiger charge is 2.22. The van der Waals surface area contributed by atoms with Gasteiger partial charge in [0.15, 0.2) is 5.84 Å². The Kier molecular flexibility index (Phi) is 4.27. The Labute approximate surface area is 114 Å². The van der Waals surface area contributed by atoms with Gasteiger partial charge in [0.1, 0.15) is 0 Å². The van der Waals surface area contributed by atoms with Crippen molar-refractivity contribution in [2.75, 3.05) is 32.1 Å². The van der Waals surface area contributed by atoms with E-state index in [0.29, 0.717) is 6.04 Å². The predicted octanol–water partition coefficient (Wildman–Crippen LogP) is 1.31. The van der Waals surface area contributed by atoms with E-state index in [4.69, 9.17) is 10.9 Å². The molecule has 5 heteroatoms. The summed E-state index contributed by atoms with van der Waals surface area (Å²) in [5, 5.41) is 11.6. The van der Waals surface area contributed by atoms with E-state index in [1.54, 1.807) is 0 Å². The highest BCUT2D eigenvalue weighted by Crippen LogP contribution is 2.19. The number of amidine groups is 1. The Morgan fingerprint density at radius 1 is 1.47 bits per heavy atom. The van der Waals surface area contributed by atoms with Crippen LogP contribution in [0.2, 0.25) is 0 Å². The molecule has 1 heterocycles. The number of hydrogen-bond donors (Lipinski definition) is 2. The van der Waals surface area contributed by atoms with Crippen molar-refractivity contribution in [3.63, 3.8) is 0 Å². The summed E-state index contributed by atoms with van der Waals surface area (Å²) in [5.74, 6) is 0.143. The number of anilines is 1. The second-order valence-electron chi connectivity index (χ2n) is 5.19. The summed E-state index contributed by atoms with van der Waals surface area (Å²) in [4.78, 5) is 4.67. The van der Waals surface area contributed by atoms with Crippen LogP contribution in [-0.2, 0) is 0 Å². The molecule has 104 valence electrons. The fraction of sp³-hybridized carbons (Fsp3) is 0.500. The van der Waals surface area contributed by atoms with Crippen LogP contribution in [0.15, 0.2) is 29.4 Å². The van der Waals surface area contributed by atoms with Gasteiger partial charge in [-0.25, -0.2) is 0 Å². The molecule has 19 heavy (non-hydrogen) atoms. The molecule has 0 aromatic heterocycles. The topological polar surface area (TPSA) is 65.1 Å². The monoisotopic (exact) mass is 262 g/mol. The maximum atomic E-state index is 8.63. The molecule has 1 aliphatic rings. The second kappa shape index (κ2) is 5.93. The smallest absolute Gasteiger partial charge is 0.170 e. The Morgan fingerprint density at radius 2 is 2.16 bits per heavy atom. The lowest BCUT2D eigenvalue weighted by molar-refractivity contribution is 0.314. The molecule has 0 amide bonds. The molecular formula is C14H22N4O. The molecule has 1 aliphatic heterocycles.